The molecule has 3 aromatic heterocycles. The molecule has 0 spiro atoms. The van der Waals surface area contributed by atoms with Gasteiger partial charge in [-0.3, -0.25) is 5.10 Å². The first kappa shape index (κ1) is 15.3. The Hall–Kier alpha value is -3.25. The summed E-state index contributed by atoms with van der Waals surface area (Å²) in [6.07, 6.45) is 1.73. The summed E-state index contributed by atoms with van der Waals surface area (Å²) in [4.78, 5) is 8.91. The summed E-state index contributed by atoms with van der Waals surface area (Å²) in [5, 5.41) is 11.5. The van der Waals surface area contributed by atoms with Gasteiger partial charge in [-0.1, -0.05) is 36.4 Å². The number of rotatable bonds is 5. The van der Waals surface area contributed by atoms with Crippen molar-refractivity contribution in [2.45, 2.75) is 6.04 Å². The minimum atomic E-state index is -0.0937. The summed E-state index contributed by atoms with van der Waals surface area (Å²) >= 11 is 0. The van der Waals surface area contributed by atoms with Crippen LogP contribution in [0.15, 0.2) is 66.9 Å². The van der Waals surface area contributed by atoms with Gasteiger partial charge in [0, 0.05) is 28.4 Å². The summed E-state index contributed by atoms with van der Waals surface area (Å²) in [5.41, 5.74) is 9.69. The van der Waals surface area contributed by atoms with E-state index in [1.54, 1.807) is 6.20 Å². The van der Waals surface area contributed by atoms with Crippen molar-refractivity contribution in [2.75, 3.05) is 11.9 Å². The highest BCUT2D eigenvalue weighted by atomic mass is 15.2. The van der Waals surface area contributed by atoms with Crippen LogP contribution in [-0.2, 0) is 0 Å². The SMILES string of the molecule is N[C@H](CNc1cccc(-c2[nH]nc3ncccc23)n1)c1ccccc1.[HH].[HH].[HH]. The van der Waals surface area contributed by atoms with Gasteiger partial charge in [0.15, 0.2) is 5.65 Å². The van der Waals surface area contributed by atoms with E-state index in [4.69, 9.17) is 5.73 Å². The second kappa shape index (κ2) is 6.70. The number of aromatic nitrogens is 4. The van der Waals surface area contributed by atoms with E-state index in [0.717, 1.165) is 28.2 Å². The van der Waals surface area contributed by atoms with E-state index in [0.29, 0.717) is 12.2 Å². The number of nitrogens with one attached hydrogen (secondary N) is 2. The van der Waals surface area contributed by atoms with Gasteiger partial charge in [-0.25, -0.2) is 9.97 Å². The average Bonchev–Trinajstić information content (AvgIpc) is 3.11. The van der Waals surface area contributed by atoms with Crippen LogP contribution in [0, 0.1) is 0 Å². The molecule has 0 bridgehead atoms. The van der Waals surface area contributed by atoms with E-state index >= 15 is 0 Å². The number of hydrogen-bond donors (Lipinski definition) is 3. The number of fused-ring (bicyclic) bond motifs is 1. The Labute approximate surface area is 149 Å². The summed E-state index contributed by atoms with van der Waals surface area (Å²) < 4.78 is 0. The smallest absolute Gasteiger partial charge is 0.181 e. The number of nitrogens with zero attached hydrogens (tertiary/aromatic N) is 3. The Bertz CT molecular complexity index is 993. The molecular weight excluding hydrogens is 312 g/mol. The highest BCUT2D eigenvalue weighted by Gasteiger charge is 2.10. The summed E-state index contributed by atoms with van der Waals surface area (Å²) in [6.45, 7) is 0.603. The standard InChI is InChI=1S/C19H18N6.3H2/c20-15(13-6-2-1-3-7-13)12-22-17-10-4-9-16(23-17)18-14-8-5-11-21-19(14)25-24-18;;;/h1-11,15H,12,20H2,(H,22,23)(H,21,24,25);3*1H/t15-;;;/m1.../s1. The monoisotopic (exact) mass is 336 g/mol. The van der Waals surface area contributed by atoms with Crippen molar-refractivity contribution < 1.29 is 4.28 Å². The molecule has 0 fully saturated rings. The van der Waals surface area contributed by atoms with Gasteiger partial charge in [-0.05, 0) is 29.8 Å². The third kappa shape index (κ3) is 3.20. The van der Waals surface area contributed by atoms with Gasteiger partial charge in [0.25, 0.3) is 0 Å². The maximum atomic E-state index is 6.24. The van der Waals surface area contributed by atoms with Gasteiger partial charge in [0.2, 0.25) is 0 Å². The molecule has 0 amide bonds. The van der Waals surface area contributed by atoms with Gasteiger partial charge < -0.3 is 11.1 Å². The van der Waals surface area contributed by atoms with E-state index in [-0.39, 0.29) is 10.3 Å². The zero-order chi connectivity index (χ0) is 17.1. The molecule has 0 saturated heterocycles. The van der Waals surface area contributed by atoms with Gasteiger partial charge in [-0.15, -0.1) is 0 Å². The fourth-order valence-corrected chi connectivity index (χ4v) is 2.75. The van der Waals surface area contributed by atoms with Crippen molar-refractivity contribution in [3.63, 3.8) is 0 Å². The van der Waals surface area contributed by atoms with E-state index in [2.05, 4.69) is 25.5 Å². The van der Waals surface area contributed by atoms with Crippen LogP contribution in [0.25, 0.3) is 22.4 Å². The van der Waals surface area contributed by atoms with E-state index in [1.165, 1.54) is 0 Å². The Morgan fingerprint density at radius 2 is 1.92 bits per heavy atom. The van der Waals surface area contributed by atoms with Crippen molar-refractivity contribution in [1.29, 1.82) is 0 Å². The number of benzene rings is 1. The van der Waals surface area contributed by atoms with Crippen LogP contribution >= 0.6 is 0 Å². The molecule has 6 heteroatoms. The molecule has 3 heterocycles. The third-order valence-corrected chi connectivity index (χ3v) is 4.07. The normalized spacial score (nSPS) is 12.2. The lowest BCUT2D eigenvalue weighted by Gasteiger charge is -2.14. The zero-order valence-corrected chi connectivity index (χ0v) is 13.6. The van der Waals surface area contributed by atoms with E-state index < -0.39 is 0 Å². The molecule has 0 saturated carbocycles. The van der Waals surface area contributed by atoms with Crippen molar-refractivity contribution in [3.8, 4) is 11.4 Å². The molecule has 4 rings (SSSR count). The van der Waals surface area contributed by atoms with Crippen LogP contribution in [0.2, 0.25) is 0 Å². The molecular formula is C19H24N6. The first-order valence-electron chi connectivity index (χ1n) is 8.12. The predicted molar refractivity (Wildman–Crippen MR) is 105 cm³/mol. The molecule has 130 valence electrons. The number of H-pyrrole nitrogens is 1. The highest BCUT2D eigenvalue weighted by Crippen LogP contribution is 2.24. The number of anilines is 1. The van der Waals surface area contributed by atoms with E-state index in [1.807, 2.05) is 60.7 Å². The Kier molecular flexibility index (Phi) is 4.10. The molecule has 0 unspecified atom stereocenters. The first-order chi connectivity index (χ1) is 12.3. The fraction of sp³-hybridized carbons (Fsp3) is 0.105. The van der Waals surface area contributed by atoms with Crippen LogP contribution in [0.1, 0.15) is 15.9 Å². The number of aromatic amines is 1. The van der Waals surface area contributed by atoms with Gasteiger partial charge in [-0.2, -0.15) is 5.10 Å². The van der Waals surface area contributed by atoms with Gasteiger partial charge >= 0.3 is 0 Å². The largest absolute Gasteiger partial charge is 0.368 e. The average molecular weight is 336 g/mol. The molecule has 0 radical (unpaired) electrons. The minimum absolute atomic E-state index is 0. The molecule has 0 aliphatic rings. The maximum Gasteiger partial charge on any atom is 0.181 e. The molecule has 25 heavy (non-hydrogen) atoms. The lowest BCUT2D eigenvalue weighted by molar-refractivity contribution is 0.762. The van der Waals surface area contributed by atoms with Crippen molar-refractivity contribution in [2.24, 2.45) is 5.73 Å². The van der Waals surface area contributed by atoms with Gasteiger partial charge in [0.05, 0.1) is 11.4 Å². The molecule has 0 aliphatic heterocycles. The summed E-state index contributed by atoms with van der Waals surface area (Å²) in [6, 6.07) is 19.6. The second-order valence-electron chi connectivity index (χ2n) is 5.78. The molecule has 1 atom stereocenters. The summed E-state index contributed by atoms with van der Waals surface area (Å²) in [7, 11) is 0. The Morgan fingerprint density at radius 1 is 1.04 bits per heavy atom. The lowest BCUT2D eigenvalue weighted by atomic mass is 10.1. The number of nitrogens with two attached hydrogens (primary N) is 1. The maximum absolute atomic E-state index is 6.24. The molecule has 4 aromatic rings. The van der Waals surface area contributed by atoms with Crippen LogP contribution in [0.5, 0.6) is 0 Å². The van der Waals surface area contributed by atoms with Crippen LogP contribution < -0.4 is 11.1 Å². The van der Waals surface area contributed by atoms with Gasteiger partial charge in [0.1, 0.15) is 5.82 Å². The topological polar surface area (TPSA) is 92.5 Å². The Balaban J connectivity index is 0.00000131. The fourth-order valence-electron chi connectivity index (χ4n) is 2.75. The second-order valence-corrected chi connectivity index (χ2v) is 5.78. The van der Waals surface area contributed by atoms with Crippen molar-refractivity contribution in [1.82, 2.24) is 20.2 Å². The molecule has 4 N–H and O–H groups in total. The third-order valence-electron chi connectivity index (χ3n) is 4.07. The van der Waals surface area contributed by atoms with Crippen LogP contribution in [-0.4, -0.2) is 26.7 Å². The molecule has 6 nitrogen and oxygen atoms in total. The number of hydrogen-bond acceptors (Lipinski definition) is 5. The first-order valence-corrected chi connectivity index (χ1v) is 8.12. The Morgan fingerprint density at radius 3 is 2.80 bits per heavy atom. The molecule has 1 aromatic carbocycles. The highest BCUT2D eigenvalue weighted by molar-refractivity contribution is 5.89. The van der Waals surface area contributed by atoms with Crippen molar-refractivity contribution >= 4 is 16.9 Å². The zero-order valence-electron chi connectivity index (χ0n) is 13.6. The van der Waals surface area contributed by atoms with Crippen molar-refractivity contribution in [3.05, 3.63) is 72.4 Å². The molecule has 0 aliphatic carbocycles. The quantitative estimate of drug-likeness (QED) is 0.514. The van der Waals surface area contributed by atoms with Crippen LogP contribution in [0.3, 0.4) is 0 Å². The van der Waals surface area contributed by atoms with E-state index in [9.17, 15) is 0 Å². The van der Waals surface area contributed by atoms with Crippen LogP contribution in [0.4, 0.5) is 5.82 Å². The minimum Gasteiger partial charge on any atom is -0.368 e. The lowest BCUT2D eigenvalue weighted by Crippen LogP contribution is -2.20. The predicted octanol–water partition coefficient (Wildman–Crippen LogP) is 3.87. The number of pyridine rings is 2. The summed E-state index contributed by atoms with van der Waals surface area (Å²) in [5.74, 6) is 0.774.